The van der Waals surface area contributed by atoms with Crippen LogP contribution < -0.4 is 20.7 Å². The minimum Gasteiger partial charge on any atom is -0.487 e. The number of carbonyl (C=O) groups is 1. The van der Waals surface area contributed by atoms with Gasteiger partial charge in [-0.3, -0.25) is 4.79 Å². The maximum absolute atomic E-state index is 11.3. The van der Waals surface area contributed by atoms with Crippen LogP contribution in [0.4, 0.5) is 0 Å². The summed E-state index contributed by atoms with van der Waals surface area (Å²) in [6.45, 7) is 4.36. The van der Waals surface area contributed by atoms with E-state index in [1.165, 1.54) is 0 Å². The Morgan fingerprint density at radius 2 is 1.97 bits per heavy atom. The molecule has 1 amide bonds. The Kier molecular flexibility index (Phi) is 7.76. The molecule has 1 atom stereocenters. The van der Waals surface area contributed by atoms with Crippen molar-refractivity contribution in [1.82, 2.24) is 16.0 Å². The molecule has 0 radical (unpaired) electrons. The molecule has 3 N–H and O–H groups in total. The summed E-state index contributed by atoms with van der Waals surface area (Å²) >= 11 is 6.18. The van der Waals surface area contributed by atoms with Gasteiger partial charge in [-0.15, -0.1) is 0 Å². The Bertz CT molecular complexity index is 846. The van der Waals surface area contributed by atoms with Crippen LogP contribution in [0.5, 0.6) is 5.75 Å². The molecule has 154 valence electrons. The van der Waals surface area contributed by atoms with Gasteiger partial charge in [-0.25, -0.2) is 4.99 Å². The second-order valence-electron chi connectivity index (χ2n) is 6.87. The topological polar surface area (TPSA) is 74.8 Å². The van der Waals surface area contributed by atoms with Crippen molar-refractivity contribution in [2.45, 2.75) is 39.0 Å². The number of para-hydroxylation sites is 1. The minimum absolute atomic E-state index is 0.109. The first-order valence-corrected chi connectivity index (χ1v) is 10.3. The normalized spacial score (nSPS) is 16.8. The number of ether oxygens (including phenoxy) is 1. The van der Waals surface area contributed by atoms with E-state index >= 15 is 0 Å². The number of nitrogens with one attached hydrogen (secondary N) is 3. The Morgan fingerprint density at radius 3 is 2.69 bits per heavy atom. The minimum atomic E-state index is 0.109. The van der Waals surface area contributed by atoms with E-state index in [0.29, 0.717) is 36.9 Å². The van der Waals surface area contributed by atoms with E-state index in [9.17, 15) is 4.79 Å². The standard InChI is InChI=1S/C22H27ClN4O2/c1-2-24-22(27-18-11-12-21(28)25-14-18)26-13-16-7-3-4-8-17(16)15-29-20-10-6-5-9-19(20)23/h3-10,18H,2,11-15H2,1H3,(H,25,28)(H2,24,26,27). The van der Waals surface area contributed by atoms with Gasteiger partial charge in [0, 0.05) is 25.6 Å². The fourth-order valence-electron chi connectivity index (χ4n) is 3.10. The molecular weight excluding hydrogens is 388 g/mol. The second-order valence-corrected chi connectivity index (χ2v) is 7.27. The highest BCUT2D eigenvalue weighted by Gasteiger charge is 2.18. The number of guanidine groups is 1. The molecule has 1 unspecified atom stereocenters. The first-order chi connectivity index (χ1) is 14.2. The fraction of sp³-hybridized carbons (Fsp3) is 0.364. The summed E-state index contributed by atoms with van der Waals surface area (Å²) in [5, 5.41) is 10.2. The molecule has 29 heavy (non-hydrogen) atoms. The lowest BCUT2D eigenvalue weighted by atomic mass is 10.1. The molecule has 6 nitrogen and oxygen atoms in total. The second kappa shape index (κ2) is 10.7. The van der Waals surface area contributed by atoms with Gasteiger partial charge in [-0.1, -0.05) is 48.0 Å². The molecule has 0 aromatic heterocycles. The van der Waals surface area contributed by atoms with E-state index in [0.717, 1.165) is 30.1 Å². The van der Waals surface area contributed by atoms with Crippen LogP contribution in [0.3, 0.4) is 0 Å². The lowest BCUT2D eigenvalue weighted by Gasteiger charge is -2.25. The zero-order valence-corrected chi connectivity index (χ0v) is 17.3. The maximum Gasteiger partial charge on any atom is 0.220 e. The van der Waals surface area contributed by atoms with Gasteiger partial charge in [0.05, 0.1) is 11.6 Å². The van der Waals surface area contributed by atoms with Crippen molar-refractivity contribution < 1.29 is 9.53 Å². The third-order valence-electron chi connectivity index (χ3n) is 4.70. The average Bonchev–Trinajstić information content (AvgIpc) is 2.74. The van der Waals surface area contributed by atoms with E-state index in [4.69, 9.17) is 21.3 Å². The van der Waals surface area contributed by atoms with E-state index in [1.54, 1.807) is 0 Å². The number of nitrogens with zero attached hydrogens (tertiary/aromatic N) is 1. The molecule has 1 fully saturated rings. The van der Waals surface area contributed by atoms with Crippen molar-refractivity contribution in [2.24, 2.45) is 4.99 Å². The van der Waals surface area contributed by atoms with Crippen molar-refractivity contribution >= 4 is 23.5 Å². The van der Waals surface area contributed by atoms with Crippen molar-refractivity contribution in [3.05, 3.63) is 64.7 Å². The van der Waals surface area contributed by atoms with Crippen LogP contribution in [0, 0.1) is 0 Å². The molecule has 1 heterocycles. The quantitative estimate of drug-likeness (QED) is 0.480. The summed E-state index contributed by atoms with van der Waals surface area (Å²) in [7, 11) is 0. The zero-order valence-electron chi connectivity index (χ0n) is 16.6. The van der Waals surface area contributed by atoms with Crippen LogP contribution in [-0.4, -0.2) is 31.0 Å². The smallest absolute Gasteiger partial charge is 0.220 e. The van der Waals surface area contributed by atoms with Crippen molar-refractivity contribution in [1.29, 1.82) is 0 Å². The van der Waals surface area contributed by atoms with Gasteiger partial charge in [0.2, 0.25) is 5.91 Å². The van der Waals surface area contributed by atoms with E-state index in [2.05, 4.69) is 22.0 Å². The first kappa shape index (κ1) is 21.0. The average molecular weight is 415 g/mol. The summed E-state index contributed by atoms with van der Waals surface area (Å²) < 4.78 is 5.90. The Labute approximate surface area is 176 Å². The Balaban J connectivity index is 1.64. The highest BCUT2D eigenvalue weighted by Crippen LogP contribution is 2.24. The molecule has 1 aliphatic rings. The van der Waals surface area contributed by atoms with Gasteiger partial charge >= 0.3 is 0 Å². The van der Waals surface area contributed by atoms with Crippen LogP contribution >= 0.6 is 11.6 Å². The van der Waals surface area contributed by atoms with Gasteiger partial charge < -0.3 is 20.7 Å². The predicted molar refractivity (Wildman–Crippen MR) is 116 cm³/mol. The largest absolute Gasteiger partial charge is 0.487 e. The number of hydrogen-bond donors (Lipinski definition) is 3. The zero-order chi connectivity index (χ0) is 20.5. The number of benzene rings is 2. The van der Waals surface area contributed by atoms with Gasteiger partial charge in [-0.2, -0.15) is 0 Å². The SMILES string of the molecule is CCNC(=NCc1ccccc1COc1ccccc1Cl)NC1CCC(=O)NC1. The summed E-state index contributed by atoms with van der Waals surface area (Å²) in [4.78, 5) is 16.1. The fourth-order valence-corrected chi connectivity index (χ4v) is 3.29. The Hall–Kier alpha value is -2.73. The van der Waals surface area contributed by atoms with Gasteiger partial charge in [0.15, 0.2) is 5.96 Å². The number of amides is 1. The number of piperidine rings is 1. The molecule has 1 saturated heterocycles. The van der Waals surface area contributed by atoms with E-state index < -0.39 is 0 Å². The van der Waals surface area contributed by atoms with Gasteiger partial charge in [-0.05, 0) is 36.6 Å². The molecule has 1 aliphatic heterocycles. The summed E-state index contributed by atoms with van der Waals surface area (Å²) in [6, 6.07) is 15.7. The van der Waals surface area contributed by atoms with Crippen LogP contribution in [0.1, 0.15) is 30.9 Å². The van der Waals surface area contributed by atoms with Gasteiger partial charge in [0.25, 0.3) is 0 Å². The van der Waals surface area contributed by atoms with E-state index in [1.807, 2.05) is 49.4 Å². The summed E-state index contributed by atoms with van der Waals surface area (Å²) in [5.74, 6) is 1.52. The highest BCUT2D eigenvalue weighted by atomic mass is 35.5. The molecule has 0 spiro atoms. The van der Waals surface area contributed by atoms with Crippen LogP contribution in [0.2, 0.25) is 5.02 Å². The van der Waals surface area contributed by atoms with Crippen LogP contribution in [0.25, 0.3) is 0 Å². The first-order valence-electron chi connectivity index (χ1n) is 9.91. The summed E-state index contributed by atoms with van der Waals surface area (Å²) in [5.41, 5.74) is 2.16. The van der Waals surface area contributed by atoms with Gasteiger partial charge in [0.1, 0.15) is 12.4 Å². The third-order valence-corrected chi connectivity index (χ3v) is 5.01. The third kappa shape index (κ3) is 6.39. The maximum atomic E-state index is 11.3. The molecular formula is C22H27ClN4O2. The molecule has 3 rings (SSSR count). The molecule has 0 saturated carbocycles. The van der Waals surface area contributed by atoms with Crippen molar-refractivity contribution in [3.63, 3.8) is 0 Å². The highest BCUT2D eigenvalue weighted by molar-refractivity contribution is 6.32. The predicted octanol–water partition coefficient (Wildman–Crippen LogP) is 3.25. The molecule has 2 aromatic rings. The molecule has 7 heteroatoms. The molecule has 0 aliphatic carbocycles. The lowest BCUT2D eigenvalue weighted by Crippen LogP contribution is -2.51. The number of hydrogen-bond acceptors (Lipinski definition) is 3. The van der Waals surface area contributed by atoms with Crippen LogP contribution in [0.15, 0.2) is 53.5 Å². The van der Waals surface area contributed by atoms with Crippen LogP contribution in [-0.2, 0) is 17.9 Å². The monoisotopic (exact) mass is 414 g/mol. The molecule has 0 bridgehead atoms. The van der Waals surface area contributed by atoms with E-state index in [-0.39, 0.29) is 11.9 Å². The number of carbonyl (C=O) groups excluding carboxylic acids is 1. The lowest BCUT2D eigenvalue weighted by molar-refractivity contribution is -0.122. The van der Waals surface area contributed by atoms with Crippen molar-refractivity contribution in [3.8, 4) is 5.75 Å². The summed E-state index contributed by atoms with van der Waals surface area (Å²) in [6.07, 6.45) is 1.35. The van der Waals surface area contributed by atoms with Crippen molar-refractivity contribution in [2.75, 3.05) is 13.1 Å². The number of aliphatic imine (C=N–C) groups is 1. The number of halogens is 1. The number of rotatable bonds is 7. The Morgan fingerprint density at radius 1 is 1.21 bits per heavy atom. The molecule has 2 aromatic carbocycles.